The fourth-order valence-corrected chi connectivity index (χ4v) is 11.6. The molecule has 0 saturated heterocycles. The largest absolute Gasteiger partial charge is 0.457 e. The normalized spacial score (nSPS) is 18.9. The Morgan fingerprint density at radius 3 is 1.95 bits per heavy atom. The standard InChI is InChI=1S/C53H32N2OS/c1-2-15-35-33(13-1)34-14-3-4-16-36(34)41-29-32(25-27-37(35)41)52-54-49(51-50(55-52)40-19-7-12-24-48(40)57-51)31-26-28-47-45(30-31)53(44-22-10-11-23-46(44)56-47)42-20-8-5-17-38(42)39-18-6-9-21-43(39)53/h1-30,38,42H. The summed E-state index contributed by atoms with van der Waals surface area (Å²) in [5, 5.41) is 8.60. The minimum Gasteiger partial charge on any atom is -0.457 e. The van der Waals surface area contributed by atoms with Gasteiger partial charge in [-0.1, -0.05) is 146 Å². The number of hydrogen-bond donors (Lipinski definition) is 0. The van der Waals surface area contributed by atoms with E-state index >= 15 is 0 Å². The Balaban J connectivity index is 1.08. The Morgan fingerprint density at radius 2 is 1.12 bits per heavy atom. The van der Waals surface area contributed by atoms with Crippen LogP contribution in [0.15, 0.2) is 182 Å². The van der Waals surface area contributed by atoms with Gasteiger partial charge in [-0.3, -0.25) is 0 Å². The number of rotatable bonds is 2. The molecule has 0 bridgehead atoms. The molecule has 1 aliphatic heterocycles. The van der Waals surface area contributed by atoms with E-state index < -0.39 is 5.41 Å². The number of benzene rings is 8. The lowest BCUT2D eigenvalue weighted by Crippen LogP contribution is -2.37. The lowest BCUT2D eigenvalue weighted by molar-refractivity contribution is 0.374. The van der Waals surface area contributed by atoms with Crippen molar-refractivity contribution in [1.82, 2.24) is 9.97 Å². The molecule has 8 aromatic carbocycles. The van der Waals surface area contributed by atoms with Crippen LogP contribution in [-0.4, -0.2) is 9.97 Å². The van der Waals surface area contributed by atoms with Crippen LogP contribution in [0.1, 0.15) is 28.2 Å². The highest BCUT2D eigenvalue weighted by molar-refractivity contribution is 7.26. The number of ether oxygens (including phenoxy) is 1. The predicted molar refractivity (Wildman–Crippen MR) is 236 cm³/mol. The van der Waals surface area contributed by atoms with Crippen LogP contribution in [-0.2, 0) is 5.41 Å². The Hall–Kier alpha value is -6.88. The van der Waals surface area contributed by atoms with Crippen LogP contribution in [0.3, 0.4) is 0 Å². The van der Waals surface area contributed by atoms with Crippen LogP contribution < -0.4 is 4.74 Å². The number of fused-ring (bicyclic) bond motifs is 18. The molecule has 2 aromatic heterocycles. The van der Waals surface area contributed by atoms with E-state index in [0.29, 0.717) is 0 Å². The predicted octanol–water partition coefficient (Wildman–Crippen LogP) is 13.9. The zero-order valence-corrected chi connectivity index (χ0v) is 31.5. The molecule has 3 aliphatic rings. The fourth-order valence-electron chi connectivity index (χ4n) is 10.5. The summed E-state index contributed by atoms with van der Waals surface area (Å²) in [6, 6.07) is 57.3. The quantitative estimate of drug-likeness (QED) is 0.165. The van der Waals surface area contributed by atoms with E-state index in [1.54, 1.807) is 11.3 Å². The van der Waals surface area contributed by atoms with Crippen molar-refractivity contribution in [3.63, 3.8) is 0 Å². The molecule has 4 heteroatoms. The third-order valence-electron chi connectivity index (χ3n) is 12.8. The molecule has 266 valence electrons. The third kappa shape index (κ3) is 4.20. The van der Waals surface area contributed by atoms with Crippen molar-refractivity contribution >= 4 is 64.0 Å². The first-order valence-electron chi connectivity index (χ1n) is 19.7. The van der Waals surface area contributed by atoms with E-state index in [9.17, 15) is 0 Å². The van der Waals surface area contributed by atoms with Gasteiger partial charge in [0.25, 0.3) is 0 Å². The minimum absolute atomic E-state index is 0.188. The van der Waals surface area contributed by atoms with Gasteiger partial charge in [0, 0.05) is 44.2 Å². The highest BCUT2D eigenvalue weighted by Gasteiger charge is 2.56. The Morgan fingerprint density at radius 1 is 0.491 bits per heavy atom. The van der Waals surface area contributed by atoms with Crippen molar-refractivity contribution in [1.29, 1.82) is 0 Å². The summed E-state index contributed by atoms with van der Waals surface area (Å²) in [6.07, 6.45) is 9.23. The van der Waals surface area contributed by atoms with E-state index in [4.69, 9.17) is 14.7 Å². The van der Waals surface area contributed by atoms with Crippen LogP contribution in [0, 0.1) is 5.92 Å². The maximum Gasteiger partial charge on any atom is 0.160 e. The highest BCUT2D eigenvalue weighted by atomic mass is 32.1. The average molecular weight is 745 g/mol. The second-order valence-electron chi connectivity index (χ2n) is 15.5. The van der Waals surface area contributed by atoms with E-state index in [-0.39, 0.29) is 11.8 Å². The van der Waals surface area contributed by atoms with E-state index in [1.807, 2.05) is 0 Å². The number of aromatic nitrogens is 2. The lowest BCUT2D eigenvalue weighted by Gasteiger charge is -2.43. The van der Waals surface area contributed by atoms with Gasteiger partial charge in [0.2, 0.25) is 0 Å². The van der Waals surface area contributed by atoms with Gasteiger partial charge >= 0.3 is 0 Å². The Kier molecular flexibility index (Phi) is 6.36. The smallest absolute Gasteiger partial charge is 0.160 e. The molecule has 13 rings (SSSR count). The van der Waals surface area contributed by atoms with Crippen molar-refractivity contribution in [2.75, 3.05) is 0 Å². The molecule has 10 aromatic rings. The molecule has 0 amide bonds. The van der Waals surface area contributed by atoms with Crippen LogP contribution in [0.25, 0.3) is 75.3 Å². The molecule has 0 radical (unpaired) electrons. The maximum absolute atomic E-state index is 6.81. The molecule has 3 unspecified atom stereocenters. The van der Waals surface area contributed by atoms with Crippen LogP contribution in [0.5, 0.6) is 11.5 Å². The van der Waals surface area contributed by atoms with Crippen molar-refractivity contribution < 1.29 is 4.74 Å². The van der Waals surface area contributed by atoms with Crippen molar-refractivity contribution in [3.8, 4) is 34.1 Å². The summed E-state index contributed by atoms with van der Waals surface area (Å²) in [7, 11) is 0. The van der Waals surface area contributed by atoms with Gasteiger partial charge in [0.1, 0.15) is 11.5 Å². The monoisotopic (exact) mass is 744 g/mol. The molecule has 2 aliphatic carbocycles. The minimum atomic E-state index is -0.444. The van der Waals surface area contributed by atoms with Gasteiger partial charge in [-0.25, -0.2) is 9.97 Å². The van der Waals surface area contributed by atoms with Crippen molar-refractivity contribution in [3.05, 3.63) is 204 Å². The number of thiophene rings is 1. The number of para-hydroxylation sites is 1. The maximum atomic E-state index is 6.81. The van der Waals surface area contributed by atoms with E-state index in [1.165, 1.54) is 59.3 Å². The van der Waals surface area contributed by atoms with Gasteiger partial charge in [-0.05, 0) is 79.8 Å². The van der Waals surface area contributed by atoms with Gasteiger partial charge in [-0.15, -0.1) is 11.3 Å². The number of hydrogen-bond acceptors (Lipinski definition) is 4. The first kappa shape index (κ1) is 31.3. The van der Waals surface area contributed by atoms with E-state index in [0.717, 1.165) is 49.7 Å². The molecule has 0 saturated carbocycles. The number of nitrogens with zero attached hydrogens (tertiary/aromatic N) is 2. The summed E-state index contributed by atoms with van der Waals surface area (Å²) in [5.74, 6) is 2.99. The van der Waals surface area contributed by atoms with Crippen LogP contribution in [0.4, 0.5) is 0 Å². The fraction of sp³-hybridized carbons (Fsp3) is 0.0566. The molecular weight excluding hydrogens is 713 g/mol. The van der Waals surface area contributed by atoms with Gasteiger partial charge in [0.05, 0.1) is 21.3 Å². The molecule has 1 spiro atoms. The van der Waals surface area contributed by atoms with Crippen molar-refractivity contribution in [2.24, 2.45) is 5.92 Å². The SMILES string of the molecule is C1=CC2c3ccccc3C3(c4ccccc4Oc4ccc(-c5nc(-c6ccc7c8ccccc8c8ccccc8c7c6)nc6c5sc5ccccc56)cc43)C2C=C1. The van der Waals surface area contributed by atoms with Crippen LogP contribution >= 0.6 is 11.3 Å². The molecule has 3 nitrogen and oxygen atoms in total. The zero-order valence-electron chi connectivity index (χ0n) is 30.7. The topological polar surface area (TPSA) is 35.0 Å². The molecule has 0 fully saturated rings. The molecule has 57 heavy (non-hydrogen) atoms. The Bertz CT molecular complexity index is 3390. The lowest BCUT2D eigenvalue weighted by atomic mass is 9.61. The summed E-state index contributed by atoms with van der Waals surface area (Å²) >= 11 is 1.77. The third-order valence-corrected chi connectivity index (χ3v) is 14.0. The number of allylic oxidation sites excluding steroid dienone is 4. The van der Waals surface area contributed by atoms with Gasteiger partial charge < -0.3 is 4.74 Å². The highest BCUT2D eigenvalue weighted by Crippen LogP contribution is 2.65. The first-order valence-corrected chi connectivity index (χ1v) is 20.5. The average Bonchev–Trinajstić information content (AvgIpc) is 3.80. The molecular formula is C53H32N2OS. The summed E-state index contributed by atoms with van der Waals surface area (Å²) in [6.45, 7) is 0. The van der Waals surface area contributed by atoms with Crippen molar-refractivity contribution in [2.45, 2.75) is 11.3 Å². The molecule has 3 atom stereocenters. The van der Waals surface area contributed by atoms with E-state index in [2.05, 4.69) is 182 Å². The summed E-state index contributed by atoms with van der Waals surface area (Å²) in [4.78, 5) is 11.0. The first-order chi connectivity index (χ1) is 28.3. The van der Waals surface area contributed by atoms with Gasteiger partial charge in [0.15, 0.2) is 5.82 Å². The molecule has 0 N–H and O–H groups in total. The second kappa shape index (κ2) is 11.6. The summed E-state index contributed by atoms with van der Waals surface area (Å²) in [5.41, 5.74) is 8.65. The zero-order chi connectivity index (χ0) is 37.2. The van der Waals surface area contributed by atoms with Crippen LogP contribution in [0.2, 0.25) is 0 Å². The second-order valence-corrected chi connectivity index (χ2v) is 16.6. The molecule has 3 heterocycles. The Labute approximate surface area is 332 Å². The van der Waals surface area contributed by atoms with Gasteiger partial charge in [-0.2, -0.15) is 0 Å². The summed E-state index contributed by atoms with van der Waals surface area (Å²) < 4.78 is 9.11.